The molecule has 1 heterocycles. The van der Waals surface area contributed by atoms with E-state index in [0.29, 0.717) is 5.56 Å². The summed E-state index contributed by atoms with van der Waals surface area (Å²) in [6, 6.07) is 6.53. The summed E-state index contributed by atoms with van der Waals surface area (Å²) in [5.41, 5.74) is 3.46. The highest BCUT2D eigenvalue weighted by Gasteiger charge is 2.27. The van der Waals surface area contributed by atoms with Gasteiger partial charge < -0.3 is 10.6 Å². The fraction of sp³-hybridized carbons (Fsp3) is 0.333. The highest BCUT2D eigenvalue weighted by molar-refractivity contribution is 6.01. The molecule has 0 aliphatic carbocycles. The number of hydrogen-bond donors (Lipinski definition) is 3. The maximum absolute atomic E-state index is 12.1. The fourth-order valence-electron chi connectivity index (χ4n) is 1.71. The number of carbonyl (C=O) groups excluding carboxylic acids is 2. The zero-order valence-electron chi connectivity index (χ0n) is 10.0. The molecule has 1 aromatic carbocycles. The maximum atomic E-state index is 12.1. The highest BCUT2D eigenvalue weighted by atomic mass is 16.7. The summed E-state index contributed by atoms with van der Waals surface area (Å²) in [7, 11) is 0. The molecule has 1 saturated heterocycles. The molecule has 0 radical (unpaired) electrons. The van der Waals surface area contributed by atoms with Crippen molar-refractivity contribution in [2.45, 2.75) is 13.0 Å². The highest BCUT2D eigenvalue weighted by Crippen LogP contribution is 2.14. The first-order chi connectivity index (χ1) is 8.72. The predicted octanol–water partition coefficient (Wildman–Crippen LogP) is 0.278. The summed E-state index contributed by atoms with van der Waals surface area (Å²) in [6.45, 7) is 2.82. The summed E-state index contributed by atoms with van der Waals surface area (Å²) in [6.07, 6.45) is 0. The van der Waals surface area contributed by atoms with E-state index < -0.39 is 6.04 Å². The van der Waals surface area contributed by atoms with Gasteiger partial charge in [-0.3, -0.25) is 14.4 Å². The topological polar surface area (TPSA) is 79.5 Å². The van der Waals surface area contributed by atoms with Gasteiger partial charge in [0.15, 0.2) is 0 Å². The number of anilines is 1. The first kappa shape index (κ1) is 12.4. The monoisotopic (exact) mass is 249 g/mol. The largest absolute Gasteiger partial charge is 0.385 e. The van der Waals surface area contributed by atoms with E-state index in [1.165, 1.54) is 0 Å². The molecule has 1 fully saturated rings. The predicted molar refractivity (Wildman–Crippen MR) is 66.0 cm³/mol. The van der Waals surface area contributed by atoms with Crippen LogP contribution >= 0.6 is 0 Å². The van der Waals surface area contributed by atoms with Gasteiger partial charge in [-0.25, -0.2) is 5.48 Å². The standard InChI is InChI=1S/C12H15N3O3/c1-2-13-9-6-4-3-5-8(9)11(16)14-10-7-18-15-12(10)17/h3-6,10,13H,2,7H2,1H3,(H,14,16)(H,15,17)/t10-/m1/s1. The molecule has 2 amide bonds. The van der Waals surface area contributed by atoms with Crippen LogP contribution in [0.25, 0.3) is 0 Å². The lowest BCUT2D eigenvalue weighted by atomic mass is 10.1. The van der Waals surface area contributed by atoms with Gasteiger partial charge in [-0.1, -0.05) is 12.1 Å². The molecule has 0 aromatic heterocycles. The van der Waals surface area contributed by atoms with Gasteiger partial charge in [0.1, 0.15) is 12.6 Å². The van der Waals surface area contributed by atoms with Crippen molar-refractivity contribution in [1.29, 1.82) is 0 Å². The third-order valence-corrected chi connectivity index (χ3v) is 2.58. The Balaban J connectivity index is 2.10. The smallest absolute Gasteiger partial charge is 0.268 e. The normalized spacial score (nSPS) is 18.3. The average molecular weight is 249 g/mol. The zero-order valence-corrected chi connectivity index (χ0v) is 10.0. The van der Waals surface area contributed by atoms with E-state index >= 15 is 0 Å². The van der Waals surface area contributed by atoms with Gasteiger partial charge in [-0.2, -0.15) is 0 Å². The molecule has 96 valence electrons. The Morgan fingerprint density at radius 1 is 1.50 bits per heavy atom. The van der Waals surface area contributed by atoms with Crippen LogP contribution in [0.4, 0.5) is 5.69 Å². The number of hydroxylamine groups is 1. The molecule has 0 unspecified atom stereocenters. The molecule has 1 atom stereocenters. The first-order valence-electron chi connectivity index (χ1n) is 5.77. The Bertz CT molecular complexity index is 462. The van der Waals surface area contributed by atoms with E-state index in [1.807, 2.05) is 19.1 Å². The number of hydrogen-bond acceptors (Lipinski definition) is 4. The van der Waals surface area contributed by atoms with Gasteiger partial charge in [0.25, 0.3) is 11.8 Å². The Morgan fingerprint density at radius 2 is 2.28 bits per heavy atom. The number of carbonyl (C=O) groups is 2. The van der Waals surface area contributed by atoms with E-state index in [4.69, 9.17) is 4.84 Å². The van der Waals surface area contributed by atoms with E-state index in [0.717, 1.165) is 12.2 Å². The summed E-state index contributed by atoms with van der Waals surface area (Å²) in [4.78, 5) is 28.1. The SMILES string of the molecule is CCNc1ccccc1C(=O)N[C@@H]1CONC1=O. The number of para-hydroxylation sites is 1. The van der Waals surface area contributed by atoms with Crippen molar-refractivity contribution < 1.29 is 14.4 Å². The summed E-state index contributed by atoms with van der Waals surface area (Å²) in [5.74, 6) is -0.624. The molecule has 1 aromatic rings. The minimum absolute atomic E-state index is 0.147. The second kappa shape index (κ2) is 5.50. The lowest BCUT2D eigenvalue weighted by Crippen LogP contribution is -2.41. The summed E-state index contributed by atoms with van der Waals surface area (Å²) in [5, 5.41) is 5.73. The van der Waals surface area contributed by atoms with Gasteiger partial charge in [0.2, 0.25) is 0 Å². The minimum atomic E-state index is -0.632. The molecule has 0 bridgehead atoms. The lowest BCUT2D eigenvalue weighted by molar-refractivity contribution is -0.125. The first-order valence-corrected chi connectivity index (χ1v) is 5.77. The Labute approximate surface area is 105 Å². The Hall–Kier alpha value is -2.08. The Kier molecular flexibility index (Phi) is 3.78. The van der Waals surface area contributed by atoms with Crippen LogP contribution in [0.1, 0.15) is 17.3 Å². The molecule has 0 saturated carbocycles. The van der Waals surface area contributed by atoms with Crippen LogP contribution < -0.4 is 16.1 Å². The zero-order chi connectivity index (χ0) is 13.0. The molecular formula is C12H15N3O3. The molecule has 18 heavy (non-hydrogen) atoms. The fourth-order valence-corrected chi connectivity index (χ4v) is 1.71. The quantitative estimate of drug-likeness (QED) is 0.716. The summed E-state index contributed by atoms with van der Waals surface area (Å²) < 4.78 is 0. The second-order valence-corrected chi connectivity index (χ2v) is 3.88. The average Bonchev–Trinajstić information content (AvgIpc) is 2.76. The maximum Gasteiger partial charge on any atom is 0.268 e. The van der Waals surface area contributed by atoms with Crippen LogP contribution in [-0.4, -0.2) is 31.0 Å². The number of amides is 2. The van der Waals surface area contributed by atoms with Crippen LogP contribution in [0.3, 0.4) is 0 Å². The van der Waals surface area contributed by atoms with Gasteiger partial charge in [-0.05, 0) is 19.1 Å². The summed E-state index contributed by atoms with van der Waals surface area (Å²) >= 11 is 0. The van der Waals surface area contributed by atoms with E-state index in [-0.39, 0.29) is 18.4 Å². The van der Waals surface area contributed by atoms with Crippen LogP contribution in [0.15, 0.2) is 24.3 Å². The molecule has 3 N–H and O–H groups in total. The van der Waals surface area contributed by atoms with Crippen molar-refractivity contribution >= 4 is 17.5 Å². The molecule has 2 rings (SSSR count). The van der Waals surface area contributed by atoms with Gasteiger partial charge >= 0.3 is 0 Å². The molecular weight excluding hydrogens is 234 g/mol. The van der Waals surface area contributed by atoms with Crippen molar-refractivity contribution in [3.05, 3.63) is 29.8 Å². The van der Waals surface area contributed by atoms with Crippen molar-refractivity contribution in [2.75, 3.05) is 18.5 Å². The van der Waals surface area contributed by atoms with Crippen molar-refractivity contribution in [2.24, 2.45) is 0 Å². The number of nitrogens with one attached hydrogen (secondary N) is 3. The second-order valence-electron chi connectivity index (χ2n) is 3.88. The van der Waals surface area contributed by atoms with Crippen LogP contribution in [0, 0.1) is 0 Å². The van der Waals surface area contributed by atoms with Crippen LogP contribution in [0.5, 0.6) is 0 Å². The van der Waals surface area contributed by atoms with Gasteiger partial charge in [0.05, 0.1) is 5.56 Å². The van der Waals surface area contributed by atoms with E-state index in [9.17, 15) is 9.59 Å². The molecule has 6 heteroatoms. The molecule has 6 nitrogen and oxygen atoms in total. The Morgan fingerprint density at radius 3 is 2.94 bits per heavy atom. The van der Waals surface area contributed by atoms with Crippen molar-refractivity contribution in [3.8, 4) is 0 Å². The van der Waals surface area contributed by atoms with E-state index in [1.54, 1.807) is 12.1 Å². The molecule has 1 aliphatic heterocycles. The molecule has 1 aliphatic rings. The third-order valence-electron chi connectivity index (χ3n) is 2.58. The van der Waals surface area contributed by atoms with Crippen molar-refractivity contribution in [3.63, 3.8) is 0 Å². The van der Waals surface area contributed by atoms with Crippen LogP contribution in [0.2, 0.25) is 0 Å². The third kappa shape index (κ3) is 2.60. The van der Waals surface area contributed by atoms with Gasteiger partial charge in [-0.15, -0.1) is 0 Å². The van der Waals surface area contributed by atoms with Crippen LogP contribution in [-0.2, 0) is 9.63 Å². The number of benzene rings is 1. The van der Waals surface area contributed by atoms with E-state index in [2.05, 4.69) is 16.1 Å². The van der Waals surface area contributed by atoms with Crippen molar-refractivity contribution in [1.82, 2.24) is 10.8 Å². The molecule has 0 spiro atoms. The minimum Gasteiger partial charge on any atom is -0.385 e. The number of rotatable bonds is 4. The van der Waals surface area contributed by atoms with Gasteiger partial charge in [0, 0.05) is 12.2 Å². The lowest BCUT2D eigenvalue weighted by Gasteiger charge is -2.12.